The summed E-state index contributed by atoms with van der Waals surface area (Å²) in [5.41, 5.74) is -0.194. The summed E-state index contributed by atoms with van der Waals surface area (Å²) in [5, 5.41) is 19.5. The molecule has 0 amide bonds. The van der Waals surface area contributed by atoms with Crippen molar-refractivity contribution in [3.8, 4) is 5.75 Å². The Labute approximate surface area is 97.3 Å². The van der Waals surface area contributed by atoms with Crippen LogP contribution in [0.25, 0.3) is 0 Å². The summed E-state index contributed by atoms with van der Waals surface area (Å²) in [4.78, 5) is 20.8. The Kier molecular flexibility index (Phi) is 4.21. The first kappa shape index (κ1) is 12.7. The lowest BCUT2D eigenvalue weighted by molar-refractivity contribution is -0.385. The van der Waals surface area contributed by atoms with Crippen molar-refractivity contribution >= 4 is 11.7 Å². The maximum absolute atomic E-state index is 10.8. The second-order valence-corrected chi connectivity index (χ2v) is 3.18. The number of nitrogens with zero attached hydrogens (tertiary/aromatic N) is 1. The van der Waals surface area contributed by atoms with Gasteiger partial charge < -0.3 is 9.84 Å². The number of carboxylic acid groups (broad SMARTS) is 1. The molecule has 1 aromatic rings. The third-order valence-corrected chi connectivity index (χ3v) is 1.99. The average Bonchev–Trinajstić information content (AvgIpc) is 2.26. The zero-order valence-corrected chi connectivity index (χ0v) is 8.96. The van der Waals surface area contributed by atoms with Crippen LogP contribution in [0.3, 0.4) is 0 Å². The lowest BCUT2D eigenvalue weighted by Gasteiger charge is -2.08. The summed E-state index contributed by atoms with van der Waals surface area (Å²) >= 11 is 0. The molecule has 1 aromatic carbocycles. The van der Waals surface area contributed by atoms with Crippen molar-refractivity contribution < 1.29 is 19.6 Å². The molecule has 6 heteroatoms. The van der Waals surface area contributed by atoms with Gasteiger partial charge in [-0.15, -0.1) is 0 Å². The second kappa shape index (κ2) is 5.64. The molecule has 0 fully saturated rings. The summed E-state index contributed by atoms with van der Waals surface area (Å²) in [6, 6.07) is 4.19. The van der Waals surface area contributed by atoms with Crippen molar-refractivity contribution in [2.24, 2.45) is 0 Å². The lowest BCUT2D eigenvalue weighted by atomic mass is 10.1. The fourth-order valence-electron chi connectivity index (χ4n) is 1.34. The molecule has 0 saturated carbocycles. The van der Waals surface area contributed by atoms with Gasteiger partial charge in [0.25, 0.3) is 5.69 Å². The van der Waals surface area contributed by atoms with Crippen LogP contribution in [0.5, 0.6) is 5.75 Å². The van der Waals surface area contributed by atoms with Gasteiger partial charge >= 0.3 is 5.97 Å². The van der Waals surface area contributed by atoms with Gasteiger partial charge in [-0.1, -0.05) is 18.7 Å². The molecule has 0 unspecified atom stereocenters. The predicted octanol–water partition coefficient (Wildman–Crippen LogP) is 1.79. The predicted molar refractivity (Wildman–Crippen MR) is 60.1 cm³/mol. The summed E-state index contributed by atoms with van der Waals surface area (Å²) in [7, 11) is 0. The Morgan fingerprint density at radius 3 is 2.82 bits per heavy atom. The van der Waals surface area contributed by atoms with Gasteiger partial charge in [-0.2, -0.15) is 0 Å². The van der Waals surface area contributed by atoms with Gasteiger partial charge in [0.05, 0.1) is 16.9 Å². The first-order valence-electron chi connectivity index (χ1n) is 4.78. The molecule has 0 aliphatic carbocycles. The highest BCUT2D eigenvalue weighted by atomic mass is 16.6. The monoisotopic (exact) mass is 237 g/mol. The smallest absolute Gasteiger partial charge is 0.308 e. The van der Waals surface area contributed by atoms with Crippen molar-refractivity contribution in [3.05, 3.63) is 46.5 Å². The number of carboxylic acids is 1. The highest BCUT2D eigenvalue weighted by molar-refractivity contribution is 5.73. The highest BCUT2D eigenvalue weighted by Crippen LogP contribution is 2.28. The first-order chi connectivity index (χ1) is 8.06. The van der Waals surface area contributed by atoms with Gasteiger partial charge in [0.15, 0.2) is 0 Å². The number of aliphatic carboxylic acids is 1. The van der Waals surface area contributed by atoms with E-state index in [1.165, 1.54) is 24.3 Å². The summed E-state index contributed by atoms with van der Waals surface area (Å²) in [6.07, 6.45) is 1.02. The summed E-state index contributed by atoms with van der Waals surface area (Å²) in [5.74, 6) is -0.954. The zero-order valence-electron chi connectivity index (χ0n) is 8.96. The molecule has 1 N–H and O–H groups in total. The van der Waals surface area contributed by atoms with Gasteiger partial charge in [0, 0.05) is 6.07 Å². The molecule has 0 spiro atoms. The molecule has 1 rings (SSSR count). The van der Waals surface area contributed by atoms with E-state index < -0.39 is 17.3 Å². The molecule has 90 valence electrons. The van der Waals surface area contributed by atoms with Crippen molar-refractivity contribution in [1.82, 2.24) is 0 Å². The minimum atomic E-state index is -1.15. The van der Waals surface area contributed by atoms with Crippen LogP contribution in [0.4, 0.5) is 5.69 Å². The van der Waals surface area contributed by atoms with E-state index in [0.717, 1.165) is 0 Å². The number of carbonyl (C=O) groups is 1. The third kappa shape index (κ3) is 3.30. The van der Waals surface area contributed by atoms with Crippen LogP contribution in [0.15, 0.2) is 30.9 Å². The molecule has 6 nitrogen and oxygen atoms in total. The molecular formula is C11H11NO5. The Morgan fingerprint density at radius 2 is 2.29 bits per heavy atom. The summed E-state index contributed by atoms with van der Waals surface area (Å²) < 4.78 is 5.19. The molecule has 0 bridgehead atoms. The molecule has 0 aromatic heterocycles. The highest BCUT2D eigenvalue weighted by Gasteiger charge is 2.20. The van der Waals surface area contributed by atoms with Crippen molar-refractivity contribution in [2.75, 3.05) is 6.61 Å². The topological polar surface area (TPSA) is 89.7 Å². The van der Waals surface area contributed by atoms with E-state index in [1.807, 2.05) is 0 Å². The van der Waals surface area contributed by atoms with Gasteiger partial charge in [0.2, 0.25) is 0 Å². The number of hydrogen-bond acceptors (Lipinski definition) is 4. The van der Waals surface area contributed by atoms with Crippen LogP contribution in [0, 0.1) is 10.1 Å². The van der Waals surface area contributed by atoms with Gasteiger partial charge in [0.1, 0.15) is 12.4 Å². The molecule has 0 heterocycles. The maximum Gasteiger partial charge on any atom is 0.308 e. The van der Waals surface area contributed by atoms with E-state index in [4.69, 9.17) is 9.84 Å². The van der Waals surface area contributed by atoms with Crippen LogP contribution < -0.4 is 4.74 Å². The fraction of sp³-hybridized carbons (Fsp3) is 0.182. The van der Waals surface area contributed by atoms with Crippen LogP contribution in [-0.4, -0.2) is 22.6 Å². The Morgan fingerprint density at radius 1 is 1.59 bits per heavy atom. The molecule has 0 aliphatic rings. The van der Waals surface area contributed by atoms with E-state index in [-0.39, 0.29) is 23.6 Å². The Balaban J connectivity index is 3.18. The second-order valence-electron chi connectivity index (χ2n) is 3.18. The zero-order chi connectivity index (χ0) is 12.8. The number of rotatable bonds is 6. The van der Waals surface area contributed by atoms with E-state index in [2.05, 4.69) is 6.58 Å². The number of ether oxygens (including phenoxy) is 1. The molecule has 0 atom stereocenters. The number of nitro benzene ring substituents is 1. The normalized spacial score (nSPS) is 9.65. The maximum atomic E-state index is 10.8. The minimum absolute atomic E-state index is 0.0619. The van der Waals surface area contributed by atoms with Crippen molar-refractivity contribution in [1.29, 1.82) is 0 Å². The van der Waals surface area contributed by atoms with Crippen LogP contribution in [0.1, 0.15) is 5.56 Å². The molecule has 0 aliphatic heterocycles. The summed E-state index contributed by atoms with van der Waals surface area (Å²) in [6.45, 7) is 3.61. The molecule has 0 radical (unpaired) electrons. The SMILES string of the molecule is C=CCOc1cccc([N+](=O)[O-])c1CC(=O)O. The van der Waals surface area contributed by atoms with Crippen LogP contribution >= 0.6 is 0 Å². The molecular weight excluding hydrogens is 226 g/mol. The number of benzene rings is 1. The standard InChI is InChI=1S/C11H11NO5/c1-2-6-17-10-5-3-4-9(12(15)16)8(10)7-11(13)14/h2-5H,1,6-7H2,(H,13,14). The number of hydrogen-bond donors (Lipinski definition) is 1. The Bertz CT molecular complexity index is 455. The third-order valence-electron chi connectivity index (χ3n) is 1.99. The lowest BCUT2D eigenvalue weighted by Crippen LogP contribution is -2.07. The minimum Gasteiger partial charge on any atom is -0.489 e. The van der Waals surface area contributed by atoms with Gasteiger partial charge in [-0.25, -0.2) is 0 Å². The van der Waals surface area contributed by atoms with E-state index in [0.29, 0.717) is 0 Å². The largest absolute Gasteiger partial charge is 0.489 e. The Hall–Kier alpha value is -2.37. The number of nitro groups is 1. The fourth-order valence-corrected chi connectivity index (χ4v) is 1.34. The van der Waals surface area contributed by atoms with Crippen LogP contribution in [0.2, 0.25) is 0 Å². The van der Waals surface area contributed by atoms with Crippen LogP contribution in [-0.2, 0) is 11.2 Å². The quantitative estimate of drug-likeness (QED) is 0.462. The van der Waals surface area contributed by atoms with Gasteiger partial charge in [-0.05, 0) is 6.07 Å². The van der Waals surface area contributed by atoms with E-state index in [9.17, 15) is 14.9 Å². The molecule has 0 saturated heterocycles. The first-order valence-corrected chi connectivity index (χ1v) is 4.78. The van der Waals surface area contributed by atoms with E-state index in [1.54, 1.807) is 0 Å². The van der Waals surface area contributed by atoms with E-state index >= 15 is 0 Å². The van der Waals surface area contributed by atoms with Crippen molar-refractivity contribution in [3.63, 3.8) is 0 Å². The van der Waals surface area contributed by atoms with Crippen molar-refractivity contribution in [2.45, 2.75) is 6.42 Å². The molecule has 17 heavy (non-hydrogen) atoms. The van der Waals surface area contributed by atoms with Gasteiger partial charge in [-0.3, -0.25) is 14.9 Å². The average molecular weight is 237 g/mol.